The lowest BCUT2D eigenvalue weighted by molar-refractivity contribution is -0.137. The maximum atomic E-state index is 13.1. The van der Waals surface area contributed by atoms with Crippen LogP contribution in [0.5, 0.6) is 0 Å². The Morgan fingerprint density at radius 2 is 1.89 bits per heavy atom. The first-order valence-corrected chi connectivity index (χ1v) is 9.75. The van der Waals surface area contributed by atoms with Gasteiger partial charge in [0.15, 0.2) is 0 Å². The van der Waals surface area contributed by atoms with Gasteiger partial charge in [-0.05, 0) is 48.7 Å². The lowest BCUT2D eigenvalue weighted by atomic mass is 10.1. The molecule has 0 atom stereocenters. The third-order valence-corrected chi connectivity index (χ3v) is 5.27. The van der Waals surface area contributed by atoms with Gasteiger partial charge in [0, 0.05) is 5.39 Å². The van der Waals surface area contributed by atoms with Gasteiger partial charge in [-0.15, -0.1) is 0 Å². The maximum Gasteiger partial charge on any atom is 0.418 e. The Balaban J connectivity index is 1.76. The predicted molar refractivity (Wildman–Crippen MR) is 107 cm³/mol. The van der Waals surface area contributed by atoms with Gasteiger partial charge in [-0.25, -0.2) is 4.98 Å². The summed E-state index contributed by atoms with van der Waals surface area (Å²) in [6.45, 7) is 3.98. The molecule has 1 aromatic heterocycles. The van der Waals surface area contributed by atoms with Crippen molar-refractivity contribution >= 4 is 34.3 Å². The number of aryl methyl sites for hydroxylation is 2. The number of alkyl halides is 3. The summed E-state index contributed by atoms with van der Waals surface area (Å²) in [6, 6.07) is 13.0. The average Bonchev–Trinajstić information content (AvgIpc) is 2.65. The molecular formula is C21H19F3N2OS. The Hall–Kier alpha value is -2.54. The molecule has 3 rings (SSSR count). The average molecular weight is 404 g/mol. The number of aromatic nitrogens is 1. The summed E-state index contributed by atoms with van der Waals surface area (Å²) in [5.41, 5.74) is 1.83. The van der Waals surface area contributed by atoms with Crippen LogP contribution in [0.15, 0.2) is 53.6 Å². The molecule has 2 aromatic carbocycles. The lowest BCUT2D eigenvalue weighted by Gasteiger charge is -2.14. The van der Waals surface area contributed by atoms with Gasteiger partial charge >= 0.3 is 6.18 Å². The Morgan fingerprint density at radius 3 is 2.61 bits per heavy atom. The molecule has 0 saturated carbocycles. The number of carbonyl (C=O) groups excluding carboxylic acids is 1. The van der Waals surface area contributed by atoms with E-state index in [4.69, 9.17) is 0 Å². The standard InChI is InChI=1S/C21H19F3N2OS/c1-3-14-11-15-9-8-13(2)10-18(15)26-20(14)28-12-19(27)25-17-7-5-4-6-16(17)21(22,23)24/h4-11H,3,12H2,1-2H3,(H,25,27). The molecule has 0 aliphatic heterocycles. The second kappa shape index (κ2) is 8.22. The summed E-state index contributed by atoms with van der Waals surface area (Å²) >= 11 is 1.23. The van der Waals surface area contributed by atoms with E-state index in [2.05, 4.69) is 10.3 Å². The second-order valence-electron chi connectivity index (χ2n) is 6.38. The zero-order valence-corrected chi connectivity index (χ0v) is 16.2. The number of pyridine rings is 1. The molecule has 0 bridgehead atoms. The van der Waals surface area contributed by atoms with E-state index in [0.717, 1.165) is 39.5 Å². The topological polar surface area (TPSA) is 42.0 Å². The Bertz CT molecular complexity index is 1020. The third kappa shape index (κ3) is 4.65. The van der Waals surface area contributed by atoms with E-state index in [1.807, 2.05) is 38.1 Å². The minimum Gasteiger partial charge on any atom is -0.325 e. The molecule has 1 N–H and O–H groups in total. The number of benzene rings is 2. The van der Waals surface area contributed by atoms with Gasteiger partial charge in [0.25, 0.3) is 0 Å². The molecule has 0 spiro atoms. The molecule has 1 amide bonds. The molecule has 0 radical (unpaired) electrons. The van der Waals surface area contributed by atoms with E-state index in [0.29, 0.717) is 0 Å². The summed E-state index contributed by atoms with van der Waals surface area (Å²) in [4.78, 5) is 16.9. The van der Waals surface area contributed by atoms with Crippen LogP contribution in [-0.2, 0) is 17.4 Å². The van der Waals surface area contributed by atoms with Crippen molar-refractivity contribution < 1.29 is 18.0 Å². The van der Waals surface area contributed by atoms with Crippen LogP contribution in [0, 0.1) is 6.92 Å². The highest BCUT2D eigenvalue weighted by molar-refractivity contribution is 8.00. The highest BCUT2D eigenvalue weighted by Crippen LogP contribution is 2.34. The summed E-state index contributed by atoms with van der Waals surface area (Å²) < 4.78 is 39.2. The fourth-order valence-corrected chi connectivity index (χ4v) is 3.73. The van der Waals surface area contributed by atoms with E-state index in [9.17, 15) is 18.0 Å². The number of hydrogen-bond acceptors (Lipinski definition) is 3. The monoisotopic (exact) mass is 404 g/mol. The molecule has 0 fully saturated rings. The van der Waals surface area contributed by atoms with Gasteiger partial charge in [-0.3, -0.25) is 4.79 Å². The Morgan fingerprint density at radius 1 is 1.14 bits per heavy atom. The lowest BCUT2D eigenvalue weighted by Crippen LogP contribution is -2.18. The SMILES string of the molecule is CCc1cc2ccc(C)cc2nc1SCC(=O)Nc1ccccc1C(F)(F)F. The normalized spacial score (nSPS) is 11.6. The number of rotatable bonds is 5. The zero-order chi connectivity index (χ0) is 20.3. The first kappa shape index (κ1) is 20.2. The van der Waals surface area contributed by atoms with Crippen LogP contribution in [0.3, 0.4) is 0 Å². The van der Waals surface area contributed by atoms with Gasteiger partial charge in [0.2, 0.25) is 5.91 Å². The van der Waals surface area contributed by atoms with E-state index in [1.165, 1.54) is 30.0 Å². The van der Waals surface area contributed by atoms with Crippen LogP contribution in [0.1, 0.15) is 23.6 Å². The molecule has 0 aliphatic carbocycles. The van der Waals surface area contributed by atoms with Crippen LogP contribution in [0.2, 0.25) is 0 Å². The number of hydrogen-bond donors (Lipinski definition) is 1. The largest absolute Gasteiger partial charge is 0.418 e. The molecular weight excluding hydrogens is 385 g/mol. The zero-order valence-electron chi connectivity index (χ0n) is 15.4. The van der Waals surface area contributed by atoms with Gasteiger partial charge in [-0.2, -0.15) is 13.2 Å². The molecule has 146 valence electrons. The van der Waals surface area contributed by atoms with Gasteiger partial charge in [0.1, 0.15) is 5.03 Å². The molecule has 3 aromatic rings. The van der Waals surface area contributed by atoms with Crippen LogP contribution in [0.4, 0.5) is 18.9 Å². The van der Waals surface area contributed by atoms with Gasteiger partial charge < -0.3 is 5.32 Å². The predicted octanol–water partition coefficient (Wildman–Crippen LogP) is 5.86. The van der Waals surface area contributed by atoms with Crippen molar-refractivity contribution in [1.29, 1.82) is 0 Å². The number of nitrogens with one attached hydrogen (secondary N) is 1. The fraction of sp³-hybridized carbons (Fsp3) is 0.238. The molecule has 0 saturated heterocycles. The summed E-state index contributed by atoms with van der Waals surface area (Å²) in [5.74, 6) is -0.529. The maximum absolute atomic E-state index is 13.1. The highest BCUT2D eigenvalue weighted by Gasteiger charge is 2.33. The molecule has 0 aliphatic rings. The molecule has 0 unspecified atom stereocenters. The summed E-state index contributed by atoms with van der Waals surface area (Å²) in [6.07, 6.45) is -3.78. The van der Waals surface area contributed by atoms with Crippen molar-refractivity contribution in [2.45, 2.75) is 31.5 Å². The number of anilines is 1. The Kier molecular flexibility index (Phi) is 5.93. The van der Waals surface area contributed by atoms with Crippen molar-refractivity contribution in [2.75, 3.05) is 11.1 Å². The minimum absolute atomic E-state index is 0.0243. The molecule has 7 heteroatoms. The van der Waals surface area contributed by atoms with Crippen LogP contribution >= 0.6 is 11.8 Å². The highest BCUT2D eigenvalue weighted by atomic mass is 32.2. The number of para-hydroxylation sites is 1. The van der Waals surface area contributed by atoms with E-state index in [1.54, 1.807) is 0 Å². The van der Waals surface area contributed by atoms with Crippen LogP contribution in [0.25, 0.3) is 10.9 Å². The van der Waals surface area contributed by atoms with Crippen molar-refractivity contribution in [2.24, 2.45) is 0 Å². The van der Waals surface area contributed by atoms with E-state index >= 15 is 0 Å². The van der Waals surface area contributed by atoms with Crippen molar-refractivity contribution in [1.82, 2.24) is 4.98 Å². The first-order valence-electron chi connectivity index (χ1n) is 8.77. The molecule has 28 heavy (non-hydrogen) atoms. The third-order valence-electron chi connectivity index (χ3n) is 4.24. The van der Waals surface area contributed by atoms with Gasteiger partial charge in [-0.1, -0.05) is 43.0 Å². The van der Waals surface area contributed by atoms with Crippen molar-refractivity contribution in [3.8, 4) is 0 Å². The molecule has 3 nitrogen and oxygen atoms in total. The van der Waals surface area contributed by atoms with Crippen molar-refractivity contribution in [3.63, 3.8) is 0 Å². The second-order valence-corrected chi connectivity index (χ2v) is 7.35. The van der Waals surface area contributed by atoms with E-state index in [-0.39, 0.29) is 11.4 Å². The van der Waals surface area contributed by atoms with E-state index < -0.39 is 17.6 Å². The number of carbonyl (C=O) groups is 1. The number of nitrogens with zero attached hydrogens (tertiary/aromatic N) is 1. The van der Waals surface area contributed by atoms with Gasteiger partial charge in [0.05, 0.1) is 22.5 Å². The molecule has 1 heterocycles. The summed E-state index contributed by atoms with van der Waals surface area (Å²) in [5, 5.41) is 4.11. The summed E-state index contributed by atoms with van der Waals surface area (Å²) in [7, 11) is 0. The number of amides is 1. The van der Waals surface area contributed by atoms with Crippen molar-refractivity contribution in [3.05, 3.63) is 65.2 Å². The van der Waals surface area contributed by atoms with Crippen LogP contribution < -0.4 is 5.32 Å². The van der Waals surface area contributed by atoms with Crippen LogP contribution in [-0.4, -0.2) is 16.6 Å². The minimum atomic E-state index is -4.52. The first-order chi connectivity index (χ1) is 13.3. The quantitative estimate of drug-likeness (QED) is 0.542. The number of halogens is 3. The smallest absolute Gasteiger partial charge is 0.325 e. The number of thioether (sulfide) groups is 1. The fourth-order valence-electron chi connectivity index (χ4n) is 2.84. The Labute approximate surface area is 165 Å². The number of fused-ring (bicyclic) bond motifs is 1.